The largest absolute Gasteiger partial charge is 0.0991 e. The van der Waals surface area contributed by atoms with E-state index in [0.717, 1.165) is 0 Å². The smallest absolute Gasteiger partial charge is 0.00577 e. The molecule has 78 valence electrons. The molecule has 0 heteroatoms. The van der Waals surface area contributed by atoms with Crippen LogP contribution in [-0.2, 0) is 0 Å². The number of hydrogen-bond acceptors (Lipinski definition) is 0. The molecule has 15 heavy (non-hydrogen) atoms. The van der Waals surface area contributed by atoms with Crippen molar-refractivity contribution >= 4 is 0 Å². The molecule has 0 fully saturated rings. The van der Waals surface area contributed by atoms with Gasteiger partial charge in [-0.05, 0) is 18.1 Å². The topological polar surface area (TPSA) is 0 Å². The first-order valence-electron chi connectivity index (χ1n) is 5.29. The monoisotopic (exact) mass is 198 g/mol. The molecule has 0 aromatic heterocycles. The minimum absolute atomic E-state index is 0.437. The fourth-order valence-corrected chi connectivity index (χ4v) is 1.60. The lowest BCUT2D eigenvalue weighted by molar-refractivity contribution is 0.918. The van der Waals surface area contributed by atoms with Crippen LogP contribution in [0.3, 0.4) is 0 Å². The number of hydrogen-bond donors (Lipinski definition) is 0. The third-order valence-electron chi connectivity index (χ3n) is 2.56. The maximum Gasteiger partial charge on any atom is 0.00577 e. The molecule has 0 radical (unpaired) electrons. The molecule has 0 amide bonds. The normalized spacial score (nSPS) is 14.1. The molecule has 0 heterocycles. The van der Waals surface area contributed by atoms with Crippen LogP contribution in [0, 0.1) is 0 Å². The van der Waals surface area contributed by atoms with Gasteiger partial charge in [0.1, 0.15) is 0 Å². The molecule has 1 aromatic rings. The Hall–Kier alpha value is -1.56. The summed E-state index contributed by atoms with van der Waals surface area (Å²) < 4.78 is 0. The van der Waals surface area contributed by atoms with Crippen molar-refractivity contribution in [2.24, 2.45) is 0 Å². The second-order valence-electron chi connectivity index (χ2n) is 3.52. The average molecular weight is 198 g/mol. The first kappa shape index (κ1) is 11.5. The molecule has 0 aliphatic rings. The van der Waals surface area contributed by atoms with Crippen LogP contribution in [0.2, 0.25) is 0 Å². The van der Waals surface area contributed by atoms with E-state index in [1.54, 1.807) is 6.08 Å². The van der Waals surface area contributed by atoms with Gasteiger partial charge in [-0.25, -0.2) is 0 Å². The van der Waals surface area contributed by atoms with E-state index in [0.29, 0.717) is 5.92 Å². The predicted octanol–water partition coefficient (Wildman–Crippen LogP) is 4.48. The van der Waals surface area contributed by atoms with E-state index in [1.165, 1.54) is 11.1 Å². The Morgan fingerprint density at radius 3 is 2.47 bits per heavy atom. The molecule has 0 N–H and O–H groups in total. The van der Waals surface area contributed by atoms with Crippen molar-refractivity contribution in [3.8, 4) is 0 Å². The summed E-state index contributed by atoms with van der Waals surface area (Å²) in [6, 6.07) is 10.5. The maximum absolute atomic E-state index is 3.68. The van der Waals surface area contributed by atoms with Crippen LogP contribution in [0.15, 0.2) is 66.8 Å². The molecular weight excluding hydrogens is 180 g/mol. The SMILES string of the molecule is C=C/C=C\C(=C/C)C(C)c1ccccc1. The third kappa shape index (κ3) is 3.25. The Morgan fingerprint density at radius 1 is 1.27 bits per heavy atom. The van der Waals surface area contributed by atoms with Gasteiger partial charge >= 0.3 is 0 Å². The van der Waals surface area contributed by atoms with Crippen LogP contribution < -0.4 is 0 Å². The van der Waals surface area contributed by atoms with E-state index in [-0.39, 0.29) is 0 Å². The summed E-state index contributed by atoms with van der Waals surface area (Å²) in [6.45, 7) is 7.98. The van der Waals surface area contributed by atoms with Crippen molar-refractivity contribution in [2.75, 3.05) is 0 Å². The molecule has 1 atom stereocenters. The molecular formula is C15H18. The molecule has 0 saturated carbocycles. The highest BCUT2D eigenvalue weighted by Crippen LogP contribution is 2.24. The molecule has 0 aliphatic carbocycles. The lowest BCUT2D eigenvalue weighted by atomic mass is 9.92. The zero-order chi connectivity index (χ0) is 11.1. The summed E-state index contributed by atoms with van der Waals surface area (Å²) in [5.41, 5.74) is 2.67. The van der Waals surface area contributed by atoms with Crippen molar-refractivity contribution in [1.82, 2.24) is 0 Å². The van der Waals surface area contributed by atoms with Gasteiger partial charge in [0.25, 0.3) is 0 Å². The standard InChI is InChI=1S/C15H18/c1-4-6-10-14(5-2)13(3)15-11-8-7-9-12-15/h4-13H,1H2,2-3H3/b10-6-,14-5+. The molecule has 0 bridgehead atoms. The van der Waals surface area contributed by atoms with E-state index in [4.69, 9.17) is 0 Å². The van der Waals surface area contributed by atoms with Gasteiger partial charge < -0.3 is 0 Å². The van der Waals surface area contributed by atoms with Crippen molar-refractivity contribution in [3.63, 3.8) is 0 Å². The zero-order valence-corrected chi connectivity index (χ0v) is 9.48. The van der Waals surface area contributed by atoms with Crippen molar-refractivity contribution in [3.05, 3.63) is 72.4 Å². The van der Waals surface area contributed by atoms with Gasteiger partial charge in [0, 0.05) is 5.92 Å². The summed E-state index contributed by atoms with van der Waals surface area (Å²) >= 11 is 0. The van der Waals surface area contributed by atoms with E-state index in [2.05, 4.69) is 56.8 Å². The van der Waals surface area contributed by atoms with Gasteiger partial charge in [-0.15, -0.1) is 0 Å². The molecule has 0 aliphatic heterocycles. The van der Waals surface area contributed by atoms with Gasteiger partial charge in [0.15, 0.2) is 0 Å². The second-order valence-corrected chi connectivity index (χ2v) is 3.52. The van der Waals surface area contributed by atoms with Crippen molar-refractivity contribution < 1.29 is 0 Å². The zero-order valence-electron chi connectivity index (χ0n) is 9.48. The molecule has 1 unspecified atom stereocenters. The summed E-state index contributed by atoms with van der Waals surface area (Å²) in [5, 5.41) is 0. The minimum Gasteiger partial charge on any atom is -0.0991 e. The number of allylic oxidation sites excluding steroid dienone is 5. The summed E-state index contributed by atoms with van der Waals surface area (Å²) in [6.07, 6.45) is 8.05. The molecule has 0 nitrogen and oxygen atoms in total. The second kappa shape index (κ2) is 6.02. The third-order valence-corrected chi connectivity index (χ3v) is 2.56. The fourth-order valence-electron chi connectivity index (χ4n) is 1.60. The Kier molecular flexibility index (Phi) is 4.62. The lowest BCUT2D eigenvalue weighted by Gasteiger charge is -2.12. The predicted molar refractivity (Wildman–Crippen MR) is 68.0 cm³/mol. The van der Waals surface area contributed by atoms with Gasteiger partial charge in [0.2, 0.25) is 0 Å². The minimum atomic E-state index is 0.437. The van der Waals surface area contributed by atoms with Gasteiger partial charge in [-0.2, -0.15) is 0 Å². The first-order valence-corrected chi connectivity index (χ1v) is 5.29. The number of rotatable bonds is 4. The molecule has 1 rings (SSSR count). The highest BCUT2D eigenvalue weighted by Gasteiger charge is 2.06. The first-order chi connectivity index (χ1) is 7.29. The highest BCUT2D eigenvalue weighted by molar-refractivity contribution is 5.34. The van der Waals surface area contributed by atoms with Crippen LogP contribution in [0.25, 0.3) is 0 Å². The van der Waals surface area contributed by atoms with Crippen molar-refractivity contribution in [1.29, 1.82) is 0 Å². The molecule has 1 aromatic carbocycles. The van der Waals surface area contributed by atoms with Crippen LogP contribution in [0.1, 0.15) is 25.3 Å². The van der Waals surface area contributed by atoms with Crippen LogP contribution >= 0.6 is 0 Å². The summed E-state index contributed by atoms with van der Waals surface area (Å²) in [5.74, 6) is 0.437. The summed E-state index contributed by atoms with van der Waals surface area (Å²) in [7, 11) is 0. The van der Waals surface area contributed by atoms with Crippen LogP contribution in [0.5, 0.6) is 0 Å². The van der Waals surface area contributed by atoms with Gasteiger partial charge in [-0.3, -0.25) is 0 Å². The molecule has 0 saturated heterocycles. The lowest BCUT2D eigenvalue weighted by Crippen LogP contribution is -1.95. The maximum atomic E-state index is 3.68. The Morgan fingerprint density at radius 2 is 1.93 bits per heavy atom. The number of benzene rings is 1. The van der Waals surface area contributed by atoms with Gasteiger partial charge in [-0.1, -0.05) is 68.1 Å². The Balaban J connectivity index is 2.88. The van der Waals surface area contributed by atoms with E-state index < -0.39 is 0 Å². The average Bonchev–Trinajstić information content (AvgIpc) is 2.31. The quantitative estimate of drug-likeness (QED) is 0.626. The van der Waals surface area contributed by atoms with Crippen LogP contribution in [-0.4, -0.2) is 0 Å². The highest BCUT2D eigenvalue weighted by atomic mass is 14.1. The van der Waals surface area contributed by atoms with E-state index in [9.17, 15) is 0 Å². The fraction of sp³-hybridized carbons (Fsp3) is 0.200. The Labute approximate surface area is 92.6 Å². The van der Waals surface area contributed by atoms with Gasteiger partial charge in [0.05, 0.1) is 0 Å². The molecule has 0 spiro atoms. The van der Waals surface area contributed by atoms with Crippen LogP contribution in [0.4, 0.5) is 0 Å². The summed E-state index contributed by atoms with van der Waals surface area (Å²) in [4.78, 5) is 0. The van der Waals surface area contributed by atoms with Crippen molar-refractivity contribution in [2.45, 2.75) is 19.8 Å². The van der Waals surface area contributed by atoms with E-state index >= 15 is 0 Å². The van der Waals surface area contributed by atoms with E-state index in [1.807, 2.05) is 12.1 Å². The Bertz CT molecular complexity index is 355.